The molecule has 1 aliphatic rings. The van der Waals surface area contributed by atoms with Crippen molar-refractivity contribution in [2.75, 3.05) is 25.5 Å². The van der Waals surface area contributed by atoms with Crippen molar-refractivity contribution in [2.45, 2.75) is 25.8 Å². The Labute approximate surface area is 165 Å². The van der Waals surface area contributed by atoms with Gasteiger partial charge in [-0.1, -0.05) is 29.8 Å². The molecule has 6 heteroatoms. The quantitative estimate of drug-likeness (QED) is 0.790. The molecule has 0 bridgehead atoms. The maximum atomic E-state index is 12.4. The summed E-state index contributed by atoms with van der Waals surface area (Å²) in [6, 6.07) is 15.6. The second kappa shape index (κ2) is 8.86. The van der Waals surface area contributed by atoms with Gasteiger partial charge >= 0.3 is 0 Å². The molecule has 1 saturated heterocycles. The first-order chi connectivity index (χ1) is 13.1. The van der Waals surface area contributed by atoms with Crippen LogP contribution in [0.3, 0.4) is 0 Å². The van der Waals surface area contributed by atoms with Crippen LogP contribution in [-0.4, -0.2) is 42.2 Å². The van der Waals surface area contributed by atoms with E-state index in [1.807, 2.05) is 55.5 Å². The van der Waals surface area contributed by atoms with Crippen LogP contribution in [-0.2, 0) is 0 Å². The average Bonchev–Trinajstić information content (AvgIpc) is 2.69. The number of carbonyl (C=O) groups is 1. The van der Waals surface area contributed by atoms with E-state index in [1.165, 1.54) is 0 Å². The summed E-state index contributed by atoms with van der Waals surface area (Å²) in [6.07, 6.45) is 1.73. The summed E-state index contributed by atoms with van der Waals surface area (Å²) in [6.45, 7) is 3.60. The number of amides is 1. The predicted molar refractivity (Wildman–Crippen MR) is 112 cm³/mol. The number of methoxy groups -OCH3 is 1. The number of para-hydroxylation sites is 2. The molecule has 3 rings (SSSR count). The second-order valence-corrected chi connectivity index (χ2v) is 7.12. The number of thiocarbonyl (C=S) groups is 1. The van der Waals surface area contributed by atoms with Gasteiger partial charge in [0.15, 0.2) is 5.11 Å². The highest BCUT2D eigenvalue weighted by molar-refractivity contribution is 7.80. The van der Waals surface area contributed by atoms with Crippen LogP contribution in [0.15, 0.2) is 48.5 Å². The molecule has 2 N–H and O–H groups in total. The molecular formula is C21H25N3O2S. The van der Waals surface area contributed by atoms with E-state index in [0.717, 1.165) is 42.9 Å². The van der Waals surface area contributed by atoms with Crippen LogP contribution in [0.2, 0.25) is 0 Å². The molecule has 5 nitrogen and oxygen atoms in total. The van der Waals surface area contributed by atoms with Crippen LogP contribution in [0.25, 0.3) is 0 Å². The number of likely N-dealkylation sites (tertiary alicyclic amines) is 1. The van der Waals surface area contributed by atoms with Crippen LogP contribution >= 0.6 is 12.2 Å². The van der Waals surface area contributed by atoms with Crippen molar-refractivity contribution in [1.82, 2.24) is 10.2 Å². The third-order valence-corrected chi connectivity index (χ3v) is 5.11. The largest absolute Gasteiger partial charge is 0.495 e. The van der Waals surface area contributed by atoms with Crippen molar-refractivity contribution in [3.05, 3.63) is 59.7 Å². The number of benzene rings is 2. The molecule has 0 spiro atoms. The molecule has 142 valence electrons. The van der Waals surface area contributed by atoms with Crippen LogP contribution in [0, 0.1) is 6.92 Å². The zero-order chi connectivity index (χ0) is 19.2. The smallest absolute Gasteiger partial charge is 0.251 e. The Balaban J connectivity index is 1.51. The highest BCUT2D eigenvalue weighted by Gasteiger charge is 2.23. The van der Waals surface area contributed by atoms with Gasteiger partial charge in [-0.05, 0) is 56.2 Å². The Morgan fingerprint density at radius 3 is 2.59 bits per heavy atom. The van der Waals surface area contributed by atoms with Crippen molar-refractivity contribution < 1.29 is 9.53 Å². The number of hydrogen-bond donors (Lipinski definition) is 2. The topological polar surface area (TPSA) is 53.6 Å². The lowest BCUT2D eigenvalue weighted by atomic mass is 10.0. The molecule has 1 heterocycles. The zero-order valence-corrected chi connectivity index (χ0v) is 16.5. The number of carbonyl (C=O) groups excluding carboxylic acids is 1. The lowest BCUT2D eigenvalue weighted by Gasteiger charge is -2.34. The van der Waals surface area contributed by atoms with Gasteiger partial charge in [-0.3, -0.25) is 4.79 Å². The molecule has 0 saturated carbocycles. The summed E-state index contributed by atoms with van der Waals surface area (Å²) >= 11 is 5.55. The van der Waals surface area contributed by atoms with Crippen molar-refractivity contribution in [3.63, 3.8) is 0 Å². The Kier molecular flexibility index (Phi) is 6.29. The summed E-state index contributed by atoms with van der Waals surface area (Å²) in [7, 11) is 1.64. The minimum Gasteiger partial charge on any atom is -0.495 e. The van der Waals surface area contributed by atoms with Gasteiger partial charge in [-0.15, -0.1) is 0 Å². The molecule has 2 aromatic rings. The summed E-state index contributed by atoms with van der Waals surface area (Å²) in [4.78, 5) is 14.6. The Morgan fingerprint density at radius 1 is 1.15 bits per heavy atom. The van der Waals surface area contributed by atoms with Gasteiger partial charge in [-0.25, -0.2) is 0 Å². The first kappa shape index (κ1) is 19.2. The fourth-order valence-corrected chi connectivity index (χ4v) is 3.52. The van der Waals surface area contributed by atoms with Gasteiger partial charge in [0, 0.05) is 24.7 Å². The van der Waals surface area contributed by atoms with Gasteiger partial charge in [-0.2, -0.15) is 0 Å². The molecule has 1 fully saturated rings. The van der Waals surface area contributed by atoms with E-state index in [9.17, 15) is 4.79 Å². The molecule has 0 atom stereocenters. The lowest BCUT2D eigenvalue weighted by Crippen LogP contribution is -2.47. The number of piperidine rings is 1. The predicted octanol–water partition coefficient (Wildman–Crippen LogP) is 3.59. The normalized spacial score (nSPS) is 14.5. The van der Waals surface area contributed by atoms with Gasteiger partial charge in [0.2, 0.25) is 0 Å². The standard InChI is InChI=1S/C21H25N3O2S/c1-15-6-5-7-16(14-15)20(25)22-17-10-12-24(13-11-17)21(27)23-18-8-3-4-9-19(18)26-2/h3-9,14,17H,10-13H2,1-2H3,(H,22,25)(H,23,27). The van der Waals surface area contributed by atoms with Crippen LogP contribution < -0.4 is 15.4 Å². The van der Waals surface area contributed by atoms with Crippen molar-refractivity contribution in [2.24, 2.45) is 0 Å². The molecule has 0 aliphatic carbocycles. The molecule has 1 amide bonds. The number of hydrogen-bond acceptors (Lipinski definition) is 3. The molecule has 0 aromatic heterocycles. The lowest BCUT2D eigenvalue weighted by molar-refractivity contribution is 0.0922. The van der Waals surface area contributed by atoms with E-state index in [1.54, 1.807) is 7.11 Å². The third kappa shape index (κ3) is 4.98. The van der Waals surface area contributed by atoms with Crippen LogP contribution in [0.1, 0.15) is 28.8 Å². The fraction of sp³-hybridized carbons (Fsp3) is 0.333. The highest BCUT2D eigenvalue weighted by atomic mass is 32.1. The zero-order valence-electron chi connectivity index (χ0n) is 15.7. The van der Waals surface area contributed by atoms with E-state index in [2.05, 4.69) is 15.5 Å². The second-order valence-electron chi connectivity index (χ2n) is 6.73. The van der Waals surface area contributed by atoms with Crippen molar-refractivity contribution >= 4 is 28.9 Å². The minimum atomic E-state index is -0.00752. The number of aryl methyl sites for hydroxylation is 1. The highest BCUT2D eigenvalue weighted by Crippen LogP contribution is 2.24. The van der Waals surface area contributed by atoms with E-state index in [0.29, 0.717) is 10.7 Å². The maximum absolute atomic E-state index is 12.4. The minimum absolute atomic E-state index is 0.00752. The summed E-state index contributed by atoms with van der Waals surface area (Å²) in [5, 5.41) is 7.09. The molecular weight excluding hydrogens is 358 g/mol. The SMILES string of the molecule is COc1ccccc1NC(=S)N1CCC(NC(=O)c2cccc(C)c2)CC1. The monoisotopic (exact) mass is 383 g/mol. The van der Waals surface area contributed by atoms with E-state index in [-0.39, 0.29) is 11.9 Å². The van der Waals surface area contributed by atoms with Crippen molar-refractivity contribution in [1.29, 1.82) is 0 Å². The number of nitrogens with zero attached hydrogens (tertiary/aromatic N) is 1. The summed E-state index contributed by atoms with van der Waals surface area (Å²) in [5.41, 5.74) is 2.66. The summed E-state index contributed by atoms with van der Waals surface area (Å²) in [5.74, 6) is 0.757. The first-order valence-electron chi connectivity index (χ1n) is 9.13. The number of anilines is 1. The summed E-state index contributed by atoms with van der Waals surface area (Å²) < 4.78 is 5.36. The molecule has 2 aromatic carbocycles. The molecule has 27 heavy (non-hydrogen) atoms. The van der Waals surface area contributed by atoms with Gasteiger partial charge in [0.1, 0.15) is 5.75 Å². The fourth-order valence-electron chi connectivity index (χ4n) is 3.22. The maximum Gasteiger partial charge on any atom is 0.251 e. The van der Waals surface area contributed by atoms with E-state index in [4.69, 9.17) is 17.0 Å². The van der Waals surface area contributed by atoms with Crippen LogP contribution in [0.4, 0.5) is 5.69 Å². The Morgan fingerprint density at radius 2 is 1.89 bits per heavy atom. The Bertz CT molecular complexity index is 817. The van der Waals surface area contributed by atoms with Gasteiger partial charge < -0.3 is 20.3 Å². The Hall–Kier alpha value is -2.60. The average molecular weight is 384 g/mol. The first-order valence-corrected chi connectivity index (χ1v) is 9.54. The number of ether oxygens (including phenoxy) is 1. The van der Waals surface area contributed by atoms with Gasteiger partial charge in [0.25, 0.3) is 5.91 Å². The van der Waals surface area contributed by atoms with Gasteiger partial charge in [0.05, 0.1) is 12.8 Å². The van der Waals surface area contributed by atoms with Crippen LogP contribution in [0.5, 0.6) is 5.75 Å². The molecule has 0 unspecified atom stereocenters. The number of rotatable bonds is 4. The van der Waals surface area contributed by atoms with E-state index < -0.39 is 0 Å². The van der Waals surface area contributed by atoms with Crippen molar-refractivity contribution in [3.8, 4) is 5.75 Å². The number of nitrogens with one attached hydrogen (secondary N) is 2. The molecule has 1 aliphatic heterocycles. The third-order valence-electron chi connectivity index (χ3n) is 4.75. The van der Waals surface area contributed by atoms with E-state index >= 15 is 0 Å². The molecule has 0 radical (unpaired) electrons.